The van der Waals surface area contributed by atoms with Crippen LogP contribution in [0.1, 0.15) is 105 Å². The van der Waals surface area contributed by atoms with Crippen molar-refractivity contribution in [2.24, 2.45) is 0 Å². The summed E-state index contributed by atoms with van der Waals surface area (Å²) >= 11 is 0. The second kappa shape index (κ2) is 20.3. The summed E-state index contributed by atoms with van der Waals surface area (Å²) in [6, 6.07) is 41.9. The van der Waals surface area contributed by atoms with Crippen molar-refractivity contribution in [2.45, 2.75) is 0 Å². The van der Waals surface area contributed by atoms with E-state index in [4.69, 9.17) is 0 Å². The van der Waals surface area contributed by atoms with Crippen LogP contribution in [0.25, 0.3) is 55.7 Å². The third-order valence-electron chi connectivity index (χ3n) is 12.0. The van der Waals surface area contributed by atoms with E-state index < -0.39 is 47.8 Å². The number of aromatic carboxylic acids is 8. The quantitative estimate of drug-likeness (QED) is 0.0417. The van der Waals surface area contributed by atoms with Crippen LogP contribution >= 0.6 is 0 Å². The Morgan fingerprint density at radius 1 is 0.176 bits per heavy atom. The van der Waals surface area contributed by atoms with Crippen LogP contribution in [-0.4, -0.2) is 88.6 Å². The molecule has 0 spiro atoms. The van der Waals surface area contributed by atoms with Gasteiger partial charge in [0.05, 0.1) is 44.5 Å². The molecule has 0 fully saturated rings. The fraction of sp³-hybridized carbons (Fsp3) is 0. The summed E-state index contributed by atoms with van der Waals surface area (Å²) in [5, 5.41) is 78.4. The molecule has 16 nitrogen and oxygen atoms in total. The number of hydrogen-bond acceptors (Lipinski definition) is 8. The van der Waals surface area contributed by atoms with Crippen LogP contribution in [0.15, 0.2) is 170 Å². The highest BCUT2D eigenvalue weighted by Gasteiger charge is 2.21. The van der Waals surface area contributed by atoms with Crippen LogP contribution in [0, 0.1) is 0 Å². The van der Waals surface area contributed by atoms with E-state index in [1.807, 2.05) is 0 Å². The van der Waals surface area contributed by atoms with Gasteiger partial charge in [-0.1, -0.05) is 97.1 Å². The zero-order valence-corrected chi connectivity index (χ0v) is 38.0. The summed E-state index contributed by atoms with van der Waals surface area (Å²) in [7, 11) is 0. The maximum absolute atomic E-state index is 12.0. The molecular weight excluding hydrogens is 953 g/mol. The van der Waals surface area contributed by atoms with Crippen molar-refractivity contribution in [3.8, 4) is 44.5 Å². The SMILES string of the molecule is O=C(O)c1cc(C(=O)O)cc(-c2ccc(C(=C(c3ccc(-c4cc(C(=O)O)cc(C(=O)O)c4)cc3)c3ccc(-c4cc(C(=O)O)cc(C(=O)O)c4)cc3)c3ccc(-c4cc(C(=O)O)cc(C(=O)O)c4)cc3)cc2)c1. The topological polar surface area (TPSA) is 298 Å². The Morgan fingerprint density at radius 2 is 0.311 bits per heavy atom. The van der Waals surface area contributed by atoms with Gasteiger partial charge in [-0.2, -0.15) is 0 Å². The second-order valence-corrected chi connectivity index (χ2v) is 16.7. The maximum Gasteiger partial charge on any atom is 0.335 e. The molecule has 0 saturated heterocycles. The van der Waals surface area contributed by atoms with Crippen LogP contribution in [0.2, 0.25) is 0 Å². The number of carboxylic acid groups (broad SMARTS) is 8. The van der Waals surface area contributed by atoms with Gasteiger partial charge in [0.2, 0.25) is 0 Å². The molecule has 0 atom stereocenters. The molecule has 0 aliphatic carbocycles. The molecule has 16 heteroatoms. The van der Waals surface area contributed by atoms with E-state index in [9.17, 15) is 79.2 Å². The number of carboxylic acids is 8. The maximum atomic E-state index is 12.0. The van der Waals surface area contributed by atoms with Gasteiger partial charge in [-0.05, 0) is 151 Å². The van der Waals surface area contributed by atoms with Gasteiger partial charge >= 0.3 is 47.8 Å². The van der Waals surface area contributed by atoms with E-state index >= 15 is 0 Å². The van der Waals surface area contributed by atoms with E-state index in [1.165, 1.54) is 48.5 Å². The Morgan fingerprint density at radius 3 is 0.432 bits per heavy atom. The minimum Gasteiger partial charge on any atom is -0.478 e. The van der Waals surface area contributed by atoms with Crippen molar-refractivity contribution in [1.82, 2.24) is 0 Å². The molecule has 0 aliphatic heterocycles. The summed E-state index contributed by atoms with van der Waals surface area (Å²) in [4.78, 5) is 96.3. The van der Waals surface area contributed by atoms with Crippen LogP contribution < -0.4 is 0 Å². The van der Waals surface area contributed by atoms with Crippen LogP contribution in [0.5, 0.6) is 0 Å². The molecular formula is C58H36O16. The van der Waals surface area contributed by atoms with Crippen molar-refractivity contribution in [1.29, 1.82) is 0 Å². The largest absolute Gasteiger partial charge is 0.478 e. The van der Waals surface area contributed by atoms with Gasteiger partial charge in [0, 0.05) is 0 Å². The first-order valence-electron chi connectivity index (χ1n) is 21.9. The molecule has 0 bridgehead atoms. The zero-order chi connectivity index (χ0) is 53.1. The van der Waals surface area contributed by atoms with Gasteiger partial charge in [0.15, 0.2) is 0 Å². The molecule has 8 aromatic rings. The van der Waals surface area contributed by atoms with E-state index in [0.29, 0.717) is 55.7 Å². The number of carbonyl (C=O) groups is 8. The van der Waals surface area contributed by atoms with Crippen molar-refractivity contribution >= 4 is 58.9 Å². The Bertz CT molecular complexity index is 3080. The summed E-state index contributed by atoms with van der Waals surface area (Å²) in [5.41, 5.74) is 4.10. The molecule has 8 rings (SSSR count). The number of rotatable bonds is 16. The fourth-order valence-corrected chi connectivity index (χ4v) is 8.39. The molecule has 0 aliphatic rings. The monoisotopic (exact) mass is 988 g/mol. The molecule has 0 aromatic heterocycles. The van der Waals surface area contributed by atoms with Crippen molar-refractivity contribution < 1.29 is 79.2 Å². The number of benzene rings is 8. The summed E-state index contributed by atoms with van der Waals surface area (Å²) in [6.45, 7) is 0. The molecule has 8 aromatic carbocycles. The smallest absolute Gasteiger partial charge is 0.335 e. The van der Waals surface area contributed by atoms with Crippen molar-refractivity contribution in [3.05, 3.63) is 237 Å². The Labute approximate surface area is 417 Å². The first kappa shape index (κ1) is 49.7. The lowest BCUT2D eigenvalue weighted by atomic mass is 9.84. The van der Waals surface area contributed by atoms with Gasteiger partial charge in [-0.3, -0.25) is 0 Å². The lowest BCUT2D eigenvalue weighted by molar-refractivity contribution is 0.0676. The van der Waals surface area contributed by atoms with E-state index in [2.05, 4.69) is 0 Å². The van der Waals surface area contributed by atoms with Crippen LogP contribution in [-0.2, 0) is 0 Å². The first-order valence-corrected chi connectivity index (χ1v) is 21.9. The minimum absolute atomic E-state index is 0.258. The zero-order valence-electron chi connectivity index (χ0n) is 38.0. The van der Waals surface area contributed by atoms with Crippen molar-refractivity contribution in [3.63, 3.8) is 0 Å². The second-order valence-electron chi connectivity index (χ2n) is 16.7. The third kappa shape index (κ3) is 10.5. The predicted molar refractivity (Wildman–Crippen MR) is 268 cm³/mol. The fourth-order valence-electron chi connectivity index (χ4n) is 8.39. The Balaban J connectivity index is 1.38. The Kier molecular flexibility index (Phi) is 13.6. The molecule has 0 unspecified atom stereocenters. The predicted octanol–water partition coefficient (Wildman–Crippen LogP) is 10.9. The molecule has 0 saturated carbocycles. The minimum atomic E-state index is -1.34. The van der Waals surface area contributed by atoms with Crippen molar-refractivity contribution in [2.75, 3.05) is 0 Å². The highest BCUT2D eigenvalue weighted by molar-refractivity contribution is 6.06. The molecule has 0 amide bonds. The van der Waals surface area contributed by atoms with E-state index in [0.717, 1.165) is 24.3 Å². The average Bonchev–Trinajstić information content (AvgIpc) is 3.39. The third-order valence-corrected chi connectivity index (χ3v) is 12.0. The molecule has 0 radical (unpaired) electrons. The highest BCUT2D eigenvalue weighted by atomic mass is 16.4. The standard InChI is InChI=1S/C58H36O16/c59-51(60)41-17-37(18-42(25-41)52(61)62)29-1-9-33(10-2-29)49(34-11-3-30(4-12-34)38-19-43(53(63)64)26-44(20-38)54(65)66)50(35-13-5-31(6-14-35)39-21-45(55(67)68)27-46(22-39)56(69)70)36-15-7-32(8-16-36)40-23-47(57(71)72)28-48(24-40)58(73)74/h1-28H,(H,59,60)(H,61,62)(H,63,64)(H,65,66)(H,67,68)(H,69,70)(H,71,72)(H,73,74). The van der Waals surface area contributed by atoms with E-state index in [-0.39, 0.29) is 66.8 Å². The summed E-state index contributed by atoms with van der Waals surface area (Å²) in [6.07, 6.45) is 0. The first-order chi connectivity index (χ1) is 35.2. The molecule has 74 heavy (non-hydrogen) atoms. The molecule has 364 valence electrons. The van der Waals surface area contributed by atoms with Crippen LogP contribution in [0.4, 0.5) is 0 Å². The summed E-state index contributed by atoms with van der Waals surface area (Å²) in [5.74, 6) is -10.7. The van der Waals surface area contributed by atoms with Gasteiger partial charge in [0.25, 0.3) is 0 Å². The van der Waals surface area contributed by atoms with Gasteiger partial charge < -0.3 is 40.9 Å². The van der Waals surface area contributed by atoms with Gasteiger partial charge in [-0.25, -0.2) is 38.4 Å². The number of hydrogen-bond donors (Lipinski definition) is 8. The van der Waals surface area contributed by atoms with Gasteiger partial charge in [-0.15, -0.1) is 0 Å². The lowest BCUT2D eigenvalue weighted by Crippen LogP contribution is -2.03. The summed E-state index contributed by atoms with van der Waals surface area (Å²) < 4.78 is 0. The highest BCUT2D eigenvalue weighted by Crippen LogP contribution is 2.40. The lowest BCUT2D eigenvalue weighted by Gasteiger charge is -2.20. The van der Waals surface area contributed by atoms with Gasteiger partial charge in [0.1, 0.15) is 0 Å². The van der Waals surface area contributed by atoms with Crippen LogP contribution in [0.3, 0.4) is 0 Å². The van der Waals surface area contributed by atoms with E-state index in [1.54, 1.807) is 97.1 Å². The normalized spacial score (nSPS) is 10.8. The molecule has 8 N–H and O–H groups in total. The average molecular weight is 989 g/mol. The Hall–Kier alpha value is -10.7. The molecule has 0 heterocycles.